The zero-order valence-corrected chi connectivity index (χ0v) is 23.4. The lowest BCUT2D eigenvalue weighted by Crippen LogP contribution is -2.65. The smallest absolute Gasteiger partial charge is 0.352 e. The Morgan fingerprint density at radius 2 is 1.89 bits per heavy atom. The topological polar surface area (TPSA) is 106 Å². The van der Waals surface area contributed by atoms with Gasteiger partial charge in [-0.2, -0.15) is 0 Å². The molecule has 1 fully saturated rings. The fraction of sp³-hybridized carbons (Fsp3) is 0.464. The van der Waals surface area contributed by atoms with Crippen LogP contribution in [0.25, 0.3) is 11.0 Å². The molecule has 2 aromatic rings. The van der Waals surface area contributed by atoms with Gasteiger partial charge in [-0.15, -0.1) is 0 Å². The van der Waals surface area contributed by atoms with Gasteiger partial charge in [0.1, 0.15) is 23.6 Å². The lowest BCUT2D eigenvalue weighted by Gasteiger charge is -2.50. The average Bonchev–Trinajstić information content (AvgIpc) is 3.03. The molecule has 1 aromatic carbocycles. The number of aliphatic carboxylic acids is 1. The van der Waals surface area contributed by atoms with Gasteiger partial charge in [-0.3, -0.25) is 4.79 Å². The third-order valence-electron chi connectivity index (χ3n) is 7.94. The molecule has 8 nitrogen and oxygen atoms in total. The first-order valence-corrected chi connectivity index (χ1v) is 15.5. The summed E-state index contributed by atoms with van der Waals surface area (Å²) in [6.45, 7) is 14.8. The molecule has 2 aliphatic rings. The molecule has 4 atom stereocenters. The lowest BCUT2D eigenvalue weighted by atomic mass is 9.77. The molecule has 3 heterocycles. The maximum absolute atomic E-state index is 13.2. The van der Waals surface area contributed by atoms with Gasteiger partial charge < -0.3 is 23.6 Å². The van der Waals surface area contributed by atoms with Gasteiger partial charge in [0, 0.05) is 23.4 Å². The van der Waals surface area contributed by atoms with E-state index in [4.69, 9.17) is 13.6 Å². The van der Waals surface area contributed by atoms with E-state index in [-0.39, 0.29) is 47.2 Å². The van der Waals surface area contributed by atoms with E-state index in [1.165, 1.54) is 11.0 Å². The number of benzene rings is 1. The van der Waals surface area contributed by atoms with E-state index in [2.05, 4.69) is 33.9 Å². The van der Waals surface area contributed by atoms with Crippen LogP contribution in [0, 0.1) is 11.8 Å². The van der Waals surface area contributed by atoms with Gasteiger partial charge in [-0.05, 0) is 54.9 Å². The largest absolute Gasteiger partial charge is 0.489 e. The molecule has 4 rings (SSSR count). The number of hydrogen-bond acceptors (Lipinski definition) is 6. The van der Waals surface area contributed by atoms with Crippen LogP contribution in [0.3, 0.4) is 0 Å². The molecule has 1 saturated heterocycles. The number of fused-ring (bicyclic) bond motifs is 2. The van der Waals surface area contributed by atoms with E-state index in [1.54, 1.807) is 36.4 Å². The molecule has 198 valence electrons. The van der Waals surface area contributed by atoms with Crippen LogP contribution in [0.1, 0.15) is 34.6 Å². The molecule has 0 bridgehead atoms. The molecular formula is C28H35NO7Si. The van der Waals surface area contributed by atoms with Crippen LogP contribution in [0.2, 0.25) is 18.1 Å². The van der Waals surface area contributed by atoms with Gasteiger partial charge in [0.05, 0.1) is 18.1 Å². The number of carboxylic acid groups (broad SMARTS) is 1. The van der Waals surface area contributed by atoms with Crippen molar-refractivity contribution in [2.24, 2.45) is 11.8 Å². The summed E-state index contributed by atoms with van der Waals surface area (Å²) in [5.41, 5.74) is 0.620. The highest BCUT2D eigenvalue weighted by Crippen LogP contribution is 2.49. The van der Waals surface area contributed by atoms with Crippen molar-refractivity contribution in [3.63, 3.8) is 0 Å². The molecule has 1 aromatic heterocycles. The first-order chi connectivity index (χ1) is 17.2. The summed E-state index contributed by atoms with van der Waals surface area (Å²) in [5, 5.41) is 10.7. The Morgan fingerprint density at radius 3 is 2.54 bits per heavy atom. The summed E-state index contributed by atoms with van der Waals surface area (Å²) in [6.07, 6.45) is 3.17. The summed E-state index contributed by atoms with van der Waals surface area (Å²) in [6, 6.07) is 8.01. The van der Waals surface area contributed by atoms with Crippen LogP contribution in [-0.2, 0) is 14.0 Å². The summed E-state index contributed by atoms with van der Waals surface area (Å²) < 4.78 is 17.5. The second kappa shape index (κ2) is 9.61. The molecule has 0 radical (unpaired) electrons. The van der Waals surface area contributed by atoms with Gasteiger partial charge in [0.25, 0.3) is 0 Å². The number of carboxylic acids is 1. The van der Waals surface area contributed by atoms with Crippen LogP contribution in [0.4, 0.5) is 0 Å². The molecule has 1 N–H and O–H groups in total. The highest BCUT2D eigenvalue weighted by atomic mass is 28.4. The number of carbonyl (C=O) groups is 2. The van der Waals surface area contributed by atoms with Gasteiger partial charge in [0.15, 0.2) is 8.32 Å². The normalized spacial score (nSPS) is 22.9. The summed E-state index contributed by atoms with van der Waals surface area (Å²) in [7, 11) is -2.10. The third-order valence-corrected chi connectivity index (χ3v) is 12.5. The predicted octanol–water partition coefficient (Wildman–Crippen LogP) is 4.95. The summed E-state index contributed by atoms with van der Waals surface area (Å²) in [4.78, 5) is 38.2. The zero-order chi connectivity index (χ0) is 27.3. The molecule has 37 heavy (non-hydrogen) atoms. The van der Waals surface area contributed by atoms with Crippen LogP contribution < -0.4 is 10.4 Å². The first-order valence-electron chi connectivity index (χ1n) is 12.5. The maximum Gasteiger partial charge on any atom is 0.352 e. The van der Waals surface area contributed by atoms with Crippen molar-refractivity contribution in [2.75, 3.05) is 6.61 Å². The Hall–Kier alpha value is -3.17. The number of nitrogens with zero attached hydrogens (tertiary/aromatic N) is 1. The number of carbonyl (C=O) groups excluding carboxylic acids is 1. The second-order valence-electron chi connectivity index (χ2n) is 11.4. The van der Waals surface area contributed by atoms with Crippen LogP contribution >= 0.6 is 0 Å². The molecule has 0 unspecified atom stereocenters. The van der Waals surface area contributed by atoms with Crippen molar-refractivity contribution in [1.82, 2.24) is 4.90 Å². The quantitative estimate of drug-likeness (QED) is 0.295. The van der Waals surface area contributed by atoms with Crippen molar-refractivity contribution in [3.05, 3.63) is 64.2 Å². The Kier molecular flexibility index (Phi) is 6.98. The van der Waals surface area contributed by atoms with Crippen molar-refractivity contribution < 1.29 is 28.3 Å². The van der Waals surface area contributed by atoms with E-state index >= 15 is 0 Å². The minimum absolute atomic E-state index is 0.00378. The first kappa shape index (κ1) is 26.9. The molecule has 0 saturated carbocycles. The van der Waals surface area contributed by atoms with Crippen LogP contribution in [-0.4, -0.2) is 49.0 Å². The monoisotopic (exact) mass is 525 g/mol. The number of allylic oxidation sites excluding steroid dienone is 1. The minimum Gasteiger partial charge on any atom is -0.489 e. The van der Waals surface area contributed by atoms with Crippen molar-refractivity contribution in [3.8, 4) is 5.75 Å². The number of β-lactam (4-membered cyclic amide) rings is 1. The van der Waals surface area contributed by atoms with Crippen LogP contribution in [0.15, 0.2) is 63.0 Å². The highest BCUT2D eigenvalue weighted by Gasteiger charge is 2.60. The van der Waals surface area contributed by atoms with E-state index < -0.39 is 19.9 Å². The fourth-order valence-corrected chi connectivity index (χ4v) is 6.39. The molecule has 2 aliphatic heterocycles. The molecular weight excluding hydrogens is 490 g/mol. The van der Waals surface area contributed by atoms with E-state index in [1.807, 2.05) is 13.8 Å². The van der Waals surface area contributed by atoms with Crippen molar-refractivity contribution in [1.29, 1.82) is 0 Å². The molecule has 9 heteroatoms. The fourth-order valence-electron chi connectivity index (χ4n) is 4.97. The van der Waals surface area contributed by atoms with Gasteiger partial charge >= 0.3 is 11.6 Å². The van der Waals surface area contributed by atoms with E-state index in [9.17, 15) is 19.5 Å². The number of amides is 1. The molecule has 1 amide bonds. The zero-order valence-electron chi connectivity index (χ0n) is 22.4. The summed E-state index contributed by atoms with van der Waals surface area (Å²) >= 11 is 0. The molecule has 0 spiro atoms. The highest BCUT2D eigenvalue weighted by molar-refractivity contribution is 6.74. The van der Waals surface area contributed by atoms with Crippen LogP contribution in [0.5, 0.6) is 5.75 Å². The Morgan fingerprint density at radius 1 is 1.22 bits per heavy atom. The van der Waals surface area contributed by atoms with Gasteiger partial charge in [0.2, 0.25) is 5.91 Å². The van der Waals surface area contributed by atoms with E-state index in [0.29, 0.717) is 16.9 Å². The standard InChI is InChI=1S/C28H35NO7Si/c1-16-20(9-8-14-34-19-12-10-18-11-13-22(30)35-21(18)15-19)25(27(32)33)29-24(16)23(26(29)31)17(2)36-37(6,7)28(3,4)5/h8-13,15-17,23-24H,14H2,1-7H3,(H,32,33)/b9-8+/t16-,17+,23+,24+/m0/s1. The van der Waals surface area contributed by atoms with Crippen molar-refractivity contribution >= 4 is 31.2 Å². The third kappa shape index (κ3) is 4.90. The Bertz CT molecular complexity index is 1350. The Labute approximate surface area is 217 Å². The predicted molar refractivity (Wildman–Crippen MR) is 143 cm³/mol. The number of ether oxygens (including phenoxy) is 1. The lowest BCUT2D eigenvalue weighted by molar-refractivity contribution is -0.162. The van der Waals surface area contributed by atoms with Gasteiger partial charge in [-0.1, -0.05) is 33.8 Å². The Balaban J connectivity index is 1.48. The summed E-state index contributed by atoms with van der Waals surface area (Å²) in [5.74, 6) is -1.34. The number of rotatable bonds is 8. The number of hydrogen-bond donors (Lipinski definition) is 1. The average molecular weight is 526 g/mol. The minimum atomic E-state index is -2.10. The van der Waals surface area contributed by atoms with E-state index in [0.717, 1.165) is 5.39 Å². The van der Waals surface area contributed by atoms with Crippen molar-refractivity contribution in [2.45, 2.75) is 64.9 Å². The second-order valence-corrected chi connectivity index (χ2v) is 16.1. The SMILES string of the molecule is C[C@@H](O[Si](C)(C)C(C)(C)C)[C@H]1C(=O)N2C(C(=O)O)=C(/C=C/COc3ccc4ccc(=O)oc4c3)[C@H](C)[C@H]12. The molecule has 0 aliphatic carbocycles. The van der Waals surface area contributed by atoms with Gasteiger partial charge in [-0.25, -0.2) is 9.59 Å². The maximum atomic E-state index is 13.2.